The highest BCUT2D eigenvalue weighted by molar-refractivity contribution is 6.18. The molecule has 0 aliphatic rings. The lowest BCUT2D eigenvalue weighted by Gasteiger charge is -2.10. The molecule has 0 saturated heterocycles. The predicted molar refractivity (Wildman–Crippen MR) is 134 cm³/mol. The van der Waals surface area contributed by atoms with Crippen LogP contribution in [0.15, 0.2) is 104 Å². The van der Waals surface area contributed by atoms with Gasteiger partial charge in [-0.15, -0.1) is 0 Å². The Bertz CT molecular complexity index is 1660. The predicted octanol–water partition coefficient (Wildman–Crippen LogP) is 8.01. The molecular formula is C29H22N2. The van der Waals surface area contributed by atoms with Gasteiger partial charge in [-0.3, -0.25) is 0 Å². The van der Waals surface area contributed by atoms with E-state index in [2.05, 4.69) is 114 Å². The maximum Gasteiger partial charge on any atom is 0.0548 e. The van der Waals surface area contributed by atoms with Gasteiger partial charge in [-0.1, -0.05) is 67.3 Å². The number of nitrogens with zero attached hydrogens (tertiary/aromatic N) is 1. The van der Waals surface area contributed by atoms with E-state index in [4.69, 9.17) is 0 Å². The summed E-state index contributed by atoms with van der Waals surface area (Å²) in [7, 11) is 0. The van der Waals surface area contributed by atoms with Crippen molar-refractivity contribution in [3.05, 3.63) is 109 Å². The summed E-state index contributed by atoms with van der Waals surface area (Å²) in [5.74, 6) is 0. The summed E-state index contributed by atoms with van der Waals surface area (Å²) < 4.78 is 2.39. The summed E-state index contributed by atoms with van der Waals surface area (Å²) >= 11 is 0. The molecule has 2 aromatic heterocycles. The Labute approximate surface area is 180 Å². The van der Waals surface area contributed by atoms with Gasteiger partial charge in [0.05, 0.1) is 11.0 Å². The normalized spacial score (nSPS) is 12.4. The van der Waals surface area contributed by atoms with Crippen molar-refractivity contribution in [3.63, 3.8) is 0 Å². The number of para-hydroxylation sites is 2. The summed E-state index contributed by atoms with van der Waals surface area (Å²) in [5.41, 5.74) is 8.37. The maximum absolute atomic E-state index is 3.84. The van der Waals surface area contributed by atoms with Gasteiger partial charge in [0, 0.05) is 38.3 Å². The van der Waals surface area contributed by atoms with Gasteiger partial charge in [0.1, 0.15) is 0 Å². The first kappa shape index (κ1) is 17.8. The lowest BCUT2D eigenvalue weighted by molar-refractivity contribution is 1.18. The minimum Gasteiger partial charge on any atom is -0.354 e. The van der Waals surface area contributed by atoms with Crippen LogP contribution >= 0.6 is 0 Å². The largest absolute Gasteiger partial charge is 0.354 e. The number of allylic oxidation sites excluding steroid dienone is 3. The van der Waals surface area contributed by atoms with Crippen molar-refractivity contribution < 1.29 is 0 Å². The number of hydrogen-bond donors (Lipinski definition) is 1. The average Bonchev–Trinajstić information content (AvgIpc) is 3.33. The smallest absolute Gasteiger partial charge is 0.0548 e. The third-order valence-corrected chi connectivity index (χ3v) is 6.23. The first-order valence-corrected chi connectivity index (χ1v) is 10.6. The Balaban J connectivity index is 1.73. The Morgan fingerprint density at radius 3 is 2.42 bits per heavy atom. The minimum absolute atomic E-state index is 1.17. The molecule has 31 heavy (non-hydrogen) atoms. The molecule has 148 valence electrons. The van der Waals surface area contributed by atoms with Crippen LogP contribution in [0.25, 0.3) is 54.9 Å². The number of rotatable bonds is 3. The van der Waals surface area contributed by atoms with E-state index in [1.54, 1.807) is 0 Å². The van der Waals surface area contributed by atoms with E-state index >= 15 is 0 Å². The number of aromatic nitrogens is 2. The summed E-state index contributed by atoms with van der Waals surface area (Å²) in [6.45, 7) is 5.97. The van der Waals surface area contributed by atoms with Crippen LogP contribution in [0.4, 0.5) is 0 Å². The van der Waals surface area contributed by atoms with E-state index in [0.717, 1.165) is 0 Å². The molecule has 2 heteroatoms. The first-order chi connectivity index (χ1) is 15.2. The Morgan fingerprint density at radius 2 is 1.55 bits per heavy atom. The third-order valence-electron chi connectivity index (χ3n) is 6.23. The Kier molecular flexibility index (Phi) is 3.87. The number of benzene rings is 4. The lowest BCUT2D eigenvalue weighted by atomic mass is 10.1. The molecule has 0 spiro atoms. The van der Waals surface area contributed by atoms with Crippen molar-refractivity contribution in [2.24, 2.45) is 0 Å². The van der Waals surface area contributed by atoms with Gasteiger partial charge in [0.25, 0.3) is 0 Å². The molecule has 6 rings (SSSR count). The van der Waals surface area contributed by atoms with Crippen LogP contribution < -0.4 is 0 Å². The third kappa shape index (κ3) is 2.65. The number of nitrogens with one attached hydrogen (secondary N) is 1. The highest BCUT2D eigenvalue weighted by Crippen LogP contribution is 2.37. The SMILES string of the molecule is C=C/C=C(\C)c1cccc(-n2c3ccccc3c3cc4[nH]c5ccccc5c4cc32)c1. The molecule has 0 atom stereocenters. The standard InChI is InChI=1S/C29H22N2/c1-3-9-19(2)20-10-8-11-21(16-20)31-28-15-7-5-13-23(28)25-17-27-24(18-29(25)31)22-12-4-6-14-26(22)30-27/h3-18,30H,1H2,2H3/b19-9+. The van der Waals surface area contributed by atoms with Crippen molar-refractivity contribution >= 4 is 49.2 Å². The van der Waals surface area contributed by atoms with Crippen molar-refractivity contribution in [1.82, 2.24) is 9.55 Å². The zero-order valence-electron chi connectivity index (χ0n) is 17.4. The highest BCUT2D eigenvalue weighted by atomic mass is 15.0. The second-order valence-corrected chi connectivity index (χ2v) is 8.07. The maximum atomic E-state index is 3.84. The van der Waals surface area contributed by atoms with E-state index in [0.29, 0.717) is 0 Å². The fourth-order valence-electron chi connectivity index (χ4n) is 4.75. The summed E-state index contributed by atoms with van der Waals surface area (Å²) in [6, 6.07) is 30.6. The molecule has 0 amide bonds. The van der Waals surface area contributed by atoms with Gasteiger partial charge in [-0.2, -0.15) is 0 Å². The molecule has 6 aromatic rings. The fourth-order valence-corrected chi connectivity index (χ4v) is 4.75. The molecule has 0 bridgehead atoms. The van der Waals surface area contributed by atoms with Crippen molar-refractivity contribution in [3.8, 4) is 5.69 Å². The van der Waals surface area contributed by atoms with Gasteiger partial charge in [-0.05, 0) is 54.5 Å². The Hall–Kier alpha value is -4.04. The molecule has 2 nitrogen and oxygen atoms in total. The molecule has 0 saturated carbocycles. The molecule has 2 heterocycles. The van der Waals surface area contributed by atoms with Gasteiger partial charge in [0.15, 0.2) is 0 Å². The number of H-pyrrole nitrogens is 1. The second-order valence-electron chi connectivity index (χ2n) is 8.07. The van der Waals surface area contributed by atoms with Crippen LogP contribution in [0, 0.1) is 0 Å². The van der Waals surface area contributed by atoms with Crippen LogP contribution in [-0.2, 0) is 0 Å². The van der Waals surface area contributed by atoms with Crippen LogP contribution in [-0.4, -0.2) is 9.55 Å². The summed E-state index contributed by atoms with van der Waals surface area (Å²) in [4.78, 5) is 3.60. The zero-order valence-corrected chi connectivity index (χ0v) is 17.4. The molecule has 0 unspecified atom stereocenters. The molecule has 1 N–H and O–H groups in total. The van der Waals surface area contributed by atoms with Crippen molar-refractivity contribution in [1.29, 1.82) is 0 Å². The molecule has 0 fully saturated rings. The second kappa shape index (κ2) is 6.75. The van der Waals surface area contributed by atoms with E-state index in [1.807, 2.05) is 6.08 Å². The molecule has 4 aromatic carbocycles. The summed E-state index contributed by atoms with van der Waals surface area (Å²) in [5, 5.41) is 5.04. The van der Waals surface area contributed by atoms with Crippen molar-refractivity contribution in [2.75, 3.05) is 0 Å². The lowest BCUT2D eigenvalue weighted by Crippen LogP contribution is -1.94. The van der Waals surface area contributed by atoms with E-state index < -0.39 is 0 Å². The van der Waals surface area contributed by atoms with Gasteiger partial charge >= 0.3 is 0 Å². The van der Waals surface area contributed by atoms with Crippen LogP contribution in [0.5, 0.6) is 0 Å². The van der Waals surface area contributed by atoms with Crippen LogP contribution in [0.1, 0.15) is 12.5 Å². The molecule has 0 aliphatic carbocycles. The number of aromatic amines is 1. The minimum atomic E-state index is 1.17. The van der Waals surface area contributed by atoms with Crippen LogP contribution in [0.3, 0.4) is 0 Å². The van der Waals surface area contributed by atoms with Gasteiger partial charge in [0.2, 0.25) is 0 Å². The van der Waals surface area contributed by atoms with Gasteiger partial charge < -0.3 is 9.55 Å². The average molecular weight is 399 g/mol. The Morgan fingerprint density at radius 1 is 0.742 bits per heavy atom. The summed E-state index contributed by atoms with van der Waals surface area (Å²) in [6.07, 6.45) is 3.90. The monoisotopic (exact) mass is 398 g/mol. The molecule has 0 radical (unpaired) electrons. The fraction of sp³-hybridized carbons (Fsp3) is 0.0345. The van der Waals surface area contributed by atoms with E-state index in [-0.39, 0.29) is 0 Å². The first-order valence-electron chi connectivity index (χ1n) is 10.6. The molecule has 0 aliphatic heterocycles. The molecular weight excluding hydrogens is 376 g/mol. The topological polar surface area (TPSA) is 20.7 Å². The van der Waals surface area contributed by atoms with E-state index in [9.17, 15) is 0 Å². The number of fused-ring (bicyclic) bond motifs is 6. The number of hydrogen-bond acceptors (Lipinski definition) is 0. The van der Waals surface area contributed by atoms with Gasteiger partial charge in [-0.25, -0.2) is 0 Å². The van der Waals surface area contributed by atoms with Crippen molar-refractivity contribution in [2.45, 2.75) is 6.92 Å². The highest BCUT2D eigenvalue weighted by Gasteiger charge is 2.15. The zero-order chi connectivity index (χ0) is 20.9. The van der Waals surface area contributed by atoms with Crippen LogP contribution in [0.2, 0.25) is 0 Å². The quantitative estimate of drug-likeness (QED) is 0.291. The van der Waals surface area contributed by atoms with E-state index in [1.165, 1.54) is 60.4 Å².